The Kier molecular flexibility index (Phi) is 4.65. The van der Waals surface area contributed by atoms with Crippen molar-refractivity contribution in [1.82, 2.24) is 4.98 Å². The van der Waals surface area contributed by atoms with E-state index in [9.17, 15) is 0 Å². The number of pyridine rings is 1. The van der Waals surface area contributed by atoms with Crippen LogP contribution in [-0.4, -0.2) is 18.1 Å². The zero-order valence-corrected chi connectivity index (χ0v) is 15.0. The van der Waals surface area contributed by atoms with Gasteiger partial charge >= 0.3 is 0 Å². The fourth-order valence-corrected chi connectivity index (χ4v) is 4.39. The maximum Gasteiger partial charge on any atom is 0.147 e. The summed E-state index contributed by atoms with van der Waals surface area (Å²) in [6.07, 6.45) is 3.47. The molecule has 3 nitrogen and oxygen atoms in total. The summed E-state index contributed by atoms with van der Waals surface area (Å²) in [6, 6.07) is 2.11. The Hall–Kier alpha value is -0.670. The summed E-state index contributed by atoms with van der Waals surface area (Å²) in [6.45, 7) is 9.33. The highest BCUT2D eigenvalue weighted by molar-refractivity contribution is 6.37. The fourth-order valence-electron chi connectivity index (χ4n) is 3.88. The molecule has 0 atom stereocenters. The smallest absolute Gasteiger partial charge is 0.147 e. The number of halogens is 2. The lowest BCUT2D eigenvalue weighted by molar-refractivity contribution is 0.105. The van der Waals surface area contributed by atoms with Crippen molar-refractivity contribution in [2.24, 2.45) is 10.8 Å². The van der Waals surface area contributed by atoms with Crippen molar-refractivity contribution in [3.63, 3.8) is 0 Å². The molecule has 1 aromatic rings. The van der Waals surface area contributed by atoms with Gasteiger partial charge in [-0.15, -0.1) is 0 Å². The van der Waals surface area contributed by atoms with Gasteiger partial charge in [-0.2, -0.15) is 0 Å². The third kappa shape index (κ3) is 4.17. The number of nitrogens with one attached hydrogen (secondary N) is 2. The van der Waals surface area contributed by atoms with Crippen LogP contribution in [0.2, 0.25) is 10.0 Å². The van der Waals surface area contributed by atoms with E-state index in [0.29, 0.717) is 38.6 Å². The van der Waals surface area contributed by atoms with Gasteiger partial charge in [0.15, 0.2) is 0 Å². The van der Waals surface area contributed by atoms with Crippen molar-refractivity contribution >= 4 is 34.8 Å². The Labute approximate surface area is 137 Å². The van der Waals surface area contributed by atoms with Gasteiger partial charge in [0.05, 0.1) is 10.0 Å². The van der Waals surface area contributed by atoms with E-state index < -0.39 is 0 Å². The monoisotopic (exact) mass is 329 g/mol. The fraction of sp³-hybridized carbons (Fsp3) is 0.688. The largest absolute Gasteiger partial charge is 0.372 e. The molecular weight excluding hydrogens is 305 g/mol. The molecule has 2 N–H and O–H groups in total. The normalized spacial score (nSPS) is 21.1. The van der Waals surface area contributed by atoms with Crippen LogP contribution in [0.5, 0.6) is 0 Å². The summed E-state index contributed by atoms with van der Waals surface area (Å²) in [4.78, 5) is 4.49. The molecule has 1 fully saturated rings. The predicted octanol–water partition coefficient (Wildman–Crippen LogP) is 5.45. The van der Waals surface area contributed by atoms with Gasteiger partial charge in [-0.1, -0.05) is 50.9 Å². The van der Waals surface area contributed by atoms with Crippen molar-refractivity contribution in [2.45, 2.75) is 53.0 Å². The Morgan fingerprint density at radius 2 is 1.57 bits per heavy atom. The van der Waals surface area contributed by atoms with Crippen molar-refractivity contribution in [3.8, 4) is 0 Å². The van der Waals surface area contributed by atoms with Gasteiger partial charge in [0.1, 0.15) is 11.6 Å². The first kappa shape index (κ1) is 16.7. The van der Waals surface area contributed by atoms with E-state index in [1.54, 1.807) is 13.1 Å². The predicted molar refractivity (Wildman–Crippen MR) is 92.6 cm³/mol. The van der Waals surface area contributed by atoms with E-state index in [2.05, 4.69) is 43.3 Å². The molecule has 0 aromatic carbocycles. The highest BCUT2D eigenvalue weighted by Gasteiger charge is 2.38. The van der Waals surface area contributed by atoms with E-state index in [4.69, 9.17) is 23.2 Å². The van der Waals surface area contributed by atoms with Crippen LogP contribution in [0.25, 0.3) is 0 Å². The number of aromatic nitrogens is 1. The zero-order chi connectivity index (χ0) is 15.8. The molecule has 1 aliphatic carbocycles. The number of nitrogens with zero attached hydrogens (tertiary/aromatic N) is 1. The standard InChI is InChI=1S/C16H25Cl2N3/c1-15(2)7-10(8-16(3,4)9-15)20-14-12(18)6-11(17)13(19-5)21-14/h6,10H,7-9H2,1-5H3,(H2,19,20,21). The van der Waals surface area contributed by atoms with E-state index in [1.165, 1.54) is 6.42 Å². The first-order chi connectivity index (χ1) is 9.62. The second kappa shape index (κ2) is 5.85. The van der Waals surface area contributed by atoms with Crippen LogP contribution in [0.15, 0.2) is 6.07 Å². The highest BCUT2D eigenvalue weighted by Crippen LogP contribution is 2.46. The second-order valence-electron chi connectivity index (χ2n) is 7.65. The van der Waals surface area contributed by atoms with Crippen molar-refractivity contribution < 1.29 is 0 Å². The minimum atomic E-state index is 0.324. The van der Waals surface area contributed by atoms with Crippen molar-refractivity contribution in [2.75, 3.05) is 17.7 Å². The summed E-state index contributed by atoms with van der Waals surface area (Å²) < 4.78 is 0. The van der Waals surface area contributed by atoms with E-state index in [1.807, 2.05) is 0 Å². The molecule has 0 saturated heterocycles. The topological polar surface area (TPSA) is 37.0 Å². The molecule has 21 heavy (non-hydrogen) atoms. The Morgan fingerprint density at radius 3 is 2.10 bits per heavy atom. The SMILES string of the molecule is CNc1nc(NC2CC(C)(C)CC(C)(C)C2)c(Cl)cc1Cl. The lowest BCUT2D eigenvalue weighted by atomic mass is 9.63. The Balaban J connectivity index is 2.21. The van der Waals surface area contributed by atoms with E-state index >= 15 is 0 Å². The second-order valence-corrected chi connectivity index (χ2v) is 8.47. The third-order valence-electron chi connectivity index (χ3n) is 4.06. The zero-order valence-electron chi connectivity index (χ0n) is 13.5. The summed E-state index contributed by atoms with van der Waals surface area (Å²) in [7, 11) is 1.80. The van der Waals surface area contributed by atoms with Gasteiger partial charge in [-0.05, 0) is 36.2 Å². The Morgan fingerprint density at radius 1 is 1.05 bits per heavy atom. The molecule has 1 aliphatic rings. The van der Waals surface area contributed by atoms with Crippen LogP contribution in [0.3, 0.4) is 0 Å². The molecule has 0 amide bonds. The van der Waals surface area contributed by atoms with Gasteiger partial charge < -0.3 is 10.6 Å². The molecule has 2 rings (SSSR count). The molecule has 0 spiro atoms. The molecule has 1 aromatic heterocycles. The molecule has 0 aliphatic heterocycles. The number of anilines is 2. The van der Waals surface area contributed by atoms with Gasteiger partial charge in [0.2, 0.25) is 0 Å². The average molecular weight is 330 g/mol. The number of hydrogen-bond acceptors (Lipinski definition) is 3. The number of rotatable bonds is 3. The molecule has 5 heteroatoms. The minimum absolute atomic E-state index is 0.324. The van der Waals surface area contributed by atoms with Crippen molar-refractivity contribution in [3.05, 3.63) is 16.1 Å². The van der Waals surface area contributed by atoms with E-state index in [0.717, 1.165) is 12.8 Å². The van der Waals surface area contributed by atoms with Crippen LogP contribution >= 0.6 is 23.2 Å². The quantitative estimate of drug-likeness (QED) is 0.774. The van der Waals surface area contributed by atoms with Crippen LogP contribution < -0.4 is 10.6 Å². The molecule has 0 unspecified atom stereocenters. The summed E-state index contributed by atoms with van der Waals surface area (Å²) in [5.74, 6) is 1.36. The first-order valence-electron chi connectivity index (χ1n) is 7.42. The maximum atomic E-state index is 6.28. The van der Waals surface area contributed by atoms with Gasteiger partial charge in [-0.25, -0.2) is 4.98 Å². The molecule has 0 bridgehead atoms. The van der Waals surface area contributed by atoms with Crippen molar-refractivity contribution in [1.29, 1.82) is 0 Å². The van der Waals surface area contributed by atoms with Gasteiger partial charge in [0.25, 0.3) is 0 Å². The molecule has 1 saturated carbocycles. The highest BCUT2D eigenvalue weighted by atomic mass is 35.5. The molecular formula is C16H25Cl2N3. The van der Waals surface area contributed by atoms with Crippen LogP contribution in [0, 0.1) is 10.8 Å². The number of hydrogen-bond donors (Lipinski definition) is 2. The van der Waals surface area contributed by atoms with Crippen LogP contribution in [-0.2, 0) is 0 Å². The van der Waals surface area contributed by atoms with Gasteiger partial charge in [0, 0.05) is 13.1 Å². The first-order valence-corrected chi connectivity index (χ1v) is 8.18. The Bertz CT molecular complexity index is 510. The molecule has 1 heterocycles. The van der Waals surface area contributed by atoms with E-state index in [-0.39, 0.29) is 0 Å². The summed E-state index contributed by atoms with van der Waals surface area (Å²) >= 11 is 12.4. The lowest BCUT2D eigenvalue weighted by Gasteiger charge is -2.45. The van der Waals surface area contributed by atoms with Crippen LogP contribution in [0.1, 0.15) is 47.0 Å². The molecule has 118 valence electrons. The lowest BCUT2D eigenvalue weighted by Crippen LogP contribution is -2.40. The van der Waals surface area contributed by atoms with Crippen LogP contribution in [0.4, 0.5) is 11.6 Å². The summed E-state index contributed by atoms with van der Waals surface area (Å²) in [5.41, 5.74) is 0.647. The summed E-state index contributed by atoms with van der Waals surface area (Å²) in [5, 5.41) is 7.62. The molecule has 0 radical (unpaired) electrons. The minimum Gasteiger partial charge on any atom is -0.372 e. The maximum absolute atomic E-state index is 6.28. The third-order valence-corrected chi connectivity index (χ3v) is 4.64. The van der Waals surface area contributed by atoms with Gasteiger partial charge in [-0.3, -0.25) is 0 Å². The average Bonchev–Trinajstić information content (AvgIpc) is 2.28.